The Morgan fingerprint density at radius 1 is 1.13 bits per heavy atom. The molecule has 23 heavy (non-hydrogen) atoms. The molecule has 0 unspecified atom stereocenters. The molecule has 0 aromatic heterocycles. The number of hydrogen-bond donors (Lipinski definition) is 0. The van der Waals surface area contributed by atoms with Gasteiger partial charge in [-0.1, -0.05) is 24.1 Å². The molecule has 1 saturated heterocycles. The number of nitrogens with zero attached hydrogens (tertiary/aromatic N) is 2. The largest absolute Gasteiger partial charge is 0.368 e. The topological polar surface area (TPSA) is 23.6 Å². The van der Waals surface area contributed by atoms with E-state index in [1.165, 1.54) is 25.7 Å². The first-order valence-corrected chi connectivity index (χ1v) is 9.35. The molecular formula is C19H25ClN2O. The van der Waals surface area contributed by atoms with Crippen LogP contribution in [0.2, 0.25) is 5.02 Å². The molecule has 1 aromatic carbocycles. The third-order valence-electron chi connectivity index (χ3n) is 6.13. The van der Waals surface area contributed by atoms with Crippen molar-refractivity contribution in [3.63, 3.8) is 0 Å². The van der Waals surface area contributed by atoms with Crippen molar-refractivity contribution in [3.05, 3.63) is 29.3 Å². The second-order valence-electron chi connectivity index (χ2n) is 7.49. The summed E-state index contributed by atoms with van der Waals surface area (Å²) < 4.78 is 0. The number of carbonyl (C=O) groups excluding carboxylic acids is 1. The lowest BCUT2D eigenvalue weighted by atomic mass is 9.86. The summed E-state index contributed by atoms with van der Waals surface area (Å²) in [5.41, 5.74) is 1.16. The molecule has 0 N–H and O–H groups in total. The lowest BCUT2D eigenvalue weighted by Crippen LogP contribution is -2.49. The molecule has 2 bridgehead atoms. The van der Waals surface area contributed by atoms with E-state index in [1.807, 2.05) is 18.2 Å². The maximum atomic E-state index is 12.6. The van der Waals surface area contributed by atoms with Crippen molar-refractivity contribution in [1.29, 1.82) is 0 Å². The summed E-state index contributed by atoms with van der Waals surface area (Å²) in [6, 6.07) is 8.00. The van der Waals surface area contributed by atoms with Gasteiger partial charge < -0.3 is 9.80 Å². The average molecular weight is 333 g/mol. The molecule has 4 rings (SSSR count). The van der Waals surface area contributed by atoms with Gasteiger partial charge in [0, 0.05) is 43.3 Å². The number of benzene rings is 1. The molecular weight excluding hydrogens is 308 g/mol. The van der Waals surface area contributed by atoms with E-state index in [4.69, 9.17) is 11.6 Å². The van der Waals surface area contributed by atoms with Crippen LogP contribution in [0.15, 0.2) is 24.3 Å². The van der Waals surface area contributed by atoms with Crippen LogP contribution in [0.3, 0.4) is 0 Å². The van der Waals surface area contributed by atoms with Crippen molar-refractivity contribution in [2.24, 2.45) is 17.8 Å². The van der Waals surface area contributed by atoms with Crippen LogP contribution in [-0.2, 0) is 4.79 Å². The summed E-state index contributed by atoms with van der Waals surface area (Å²) >= 11 is 6.08. The van der Waals surface area contributed by atoms with Gasteiger partial charge in [-0.3, -0.25) is 4.79 Å². The van der Waals surface area contributed by atoms with Crippen LogP contribution in [0.4, 0.5) is 5.69 Å². The highest BCUT2D eigenvalue weighted by molar-refractivity contribution is 6.30. The standard InChI is InChI=1S/C19H25ClN2O/c20-17-2-1-3-18(13-17)21-6-8-22(9-7-21)19(23)12-16-11-14-4-5-15(16)10-14/h1-3,13-16H,4-12H2/t14-,15-,16+/m1/s1. The molecule has 2 saturated carbocycles. The molecule has 2 aliphatic carbocycles. The van der Waals surface area contributed by atoms with Crippen molar-refractivity contribution in [3.8, 4) is 0 Å². The molecule has 3 fully saturated rings. The van der Waals surface area contributed by atoms with E-state index < -0.39 is 0 Å². The van der Waals surface area contributed by atoms with Gasteiger partial charge in [-0.2, -0.15) is 0 Å². The number of anilines is 1. The Morgan fingerprint density at radius 2 is 1.96 bits per heavy atom. The van der Waals surface area contributed by atoms with Crippen molar-refractivity contribution >= 4 is 23.2 Å². The van der Waals surface area contributed by atoms with Crippen LogP contribution < -0.4 is 4.90 Å². The van der Waals surface area contributed by atoms with Gasteiger partial charge in [0.2, 0.25) is 5.91 Å². The number of halogens is 1. The minimum absolute atomic E-state index is 0.383. The first kappa shape index (κ1) is 15.3. The van der Waals surface area contributed by atoms with Crippen molar-refractivity contribution in [1.82, 2.24) is 4.90 Å². The zero-order valence-corrected chi connectivity index (χ0v) is 14.3. The lowest BCUT2D eigenvalue weighted by molar-refractivity contribution is -0.132. The maximum absolute atomic E-state index is 12.6. The summed E-state index contributed by atoms with van der Waals surface area (Å²) in [5, 5.41) is 0.775. The highest BCUT2D eigenvalue weighted by Crippen LogP contribution is 2.49. The van der Waals surface area contributed by atoms with E-state index in [-0.39, 0.29) is 0 Å². The third-order valence-corrected chi connectivity index (χ3v) is 6.36. The zero-order valence-electron chi connectivity index (χ0n) is 13.6. The highest BCUT2D eigenvalue weighted by atomic mass is 35.5. The number of hydrogen-bond acceptors (Lipinski definition) is 2. The summed E-state index contributed by atoms with van der Waals surface area (Å²) in [6.45, 7) is 3.49. The van der Waals surface area contributed by atoms with Gasteiger partial charge in [-0.15, -0.1) is 0 Å². The summed E-state index contributed by atoms with van der Waals surface area (Å²) in [5.74, 6) is 2.83. The van der Waals surface area contributed by atoms with Crippen LogP contribution in [0, 0.1) is 17.8 Å². The molecule has 0 radical (unpaired) electrons. The van der Waals surface area contributed by atoms with Crippen molar-refractivity contribution < 1.29 is 4.79 Å². The lowest BCUT2D eigenvalue weighted by Gasteiger charge is -2.37. The number of amides is 1. The Morgan fingerprint density at radius 3 is 2.61 bits per heavy atom. The summed E-state index contributed by atoms with van der Waals surface area (Å²) in [6.07, 6.45) is 6.26. The van der Waals surface area contributed by atoms with Crippen LogP contribution in [0.25, 0.3) is 0 Å². The maximum Gasteiger partial charge on any atom is 0.222 e. The van der Waals surface area contributed by atoms with E-state index >= 15 is 0 Å². The fraction of sp³-hybridized carbons (Fsp3) is 0.632. The quantitative estimate of drug-likeness (QED) is 0.840. The van der Waals surface area contributed by atoms with E-state index in [0.717, 1.165) is 55.1 Å². The van der Waals surface area contributed by atoms with Gasteiger partial charge >= 0.3 is 0 Å². The highest BCUT2D eigenvalue weighted by Gasteiger charge is 2.40. The van der Waals surface area contributed by atoms with Crippen LogP contribution >= 0.6 is 11.6 Å². The summed E-state index contributed by atoms with van der Waals surface area (Å²) in [4.78, 5) is 17.0. The second kappa shape index (κ2) is 6.35. The van der Waals surface area contributed by atoms with Gasteiger partial charge in [-0.05, 0) is 55.2 Å². The molecule has 1 aliphatic heterocycles. The van der Waals surface area contributed by atoms with E-state index in [0.29, 0.717) is 11.8 Å². The van der Waals surface area contributed by atoms with Crippen molar-refractivity contribution in [2.45, 2.75) is 32.1 Å². The molecule has 4 heteroatoms. The molecule has 124 valence electrons. The Hall–Kier alpha value is -1.22. The second-order valence-corrected chi connectivity index (χ2v) is 7.92. The van der Waals surface area contributed by atoms with Crippen LogP contribution in [0.5, 0.6) is 0 Å². The van der Waals surface area contributed by atoms with Gasteiger partial charge in [0.15, 0.2) is 0 Å². The minimum Gasteiger partial charge on any atom is -0.368 e. The Balaban J connectivity index is 1.30. The molecule has 1 heterocycles. The van der Waals surface area contributed by atoms with Crippen LogP contribution in [0.1, 0.15) is 32.1 Å². The monoisotopic (exact) mass is 332 g/mol. The zero-order chi connectivity index (χ0) is 15.8. The molecule has 3 nitrogen and oxygen atoms in total. The Kier molecular flexibility index (Phi) is 4.23. The number of piperazine rings is 1. The molecule has 1 aromatic rings. The van der Waals surface area contributed by atoms with E-state index in [9.17, 15) is 4.79 Å². The molecule has 3 atom stereocenters. The molecule has 1 amide bonds. The Labute approximate surface area is 143 Å². The molecule has 0 spiro atoms. The summed E-state index contributed by atoms with van der Waals surface area (Å²) in [7, 11) is 0. The first-order chi connectivity index (χ1) is 11.2. The number of rotatable bonds is 3. The predicted octanol–water partition coefficient (Wildman–Crippen LogP) is 3.81. The van der Waals surface area contributed by atoms with Crippen molar-refractivity contribution in [2.75, 3.05) is 31.1 Å². The SMILES string of the molecule is O=C(C[C@@H]1C[C@@H]2CC[C@@H]1C2)N1CCN(c2cccc(Cl)c2)CC1. The Bertz CT molecular complexity index is 582. The predicted molar refractivity (Wildman–Crippen MR) is 93.8 cm³/mol. The molecule has 3 aliphatic rings. The van der Waals surface area contributed by atoms with Gasteiger partial charge in [-0.25, -0.2) is 0 Å². The number of carbonyl (C=O) groups is 1. The normalized spacial score (nSPS) is 30.0. The van der Waals surface area contributed by atoms with Gasteiger partial charge in [0.1, 0.15) is 0 Å². The minimum atomic E-state index is 0.383. The average Bonchev–Trinajstić information content (AvgIpc) is 3.18. The van der Waals surface area contributed by atoms with Crippen LogP contribution in [-0.4, -0.2) is 37.0 Å². The third kappa shape index (κ3) is 3.21. The fourth-order valence-electron chi connectivity index (χ4n) is 4.87. The fourth-order valence-corrected chi connectivity index (χ4v) is 5.05. The van der Waals surface area contributed by atoms with E-state index in [2.05, 4.69) is 15.9 Å². The first-order valence-electron chi connectivity index (χ1n) is 8.97. The van der Waals surface area contributed by atoms with Gasteiger partial charge in [0.25, 0.3) is 0 Å². The van der Waals surface area contributed by atoms with E-state index in [1.54, 1.807) is 0 Å². The smallest absolute Gasteiger partial charge is 0.222 e. The van der Waals surface area contributed by atoms with Gasteiger partial charge in [0.05, 0.1) is 0 Å². The number of fused-ring (bicyclic) bond motifs is 2.